The van der Waals surface area contributed by atoms with Gasteiger partial charge in [0.1, 0.15) is 5.75 Å². The van der Waals surface area contributed by atoms with Gasteiger partial charge in [-0.1, -0.05) is 24.3 Å². The summed E-state index contributed by atoms with van der Waals surface area (Å²) in [5.74, 6) is 0.920. The zero-order chi connectivity index (χ0) is 18.2. The highest BCUT2D eigenvalue weighted by atomic mass is 16.5. The first-order valence-electron chi connectivity index (χ1n) is 8.78. The van der Waals surface area contributed by atoms with E-state index in [4.69, 9.17) is 4.74 Å². The van der Waals surface area contributed by atoms with Gasteiger partial charge in [-0.15, -0.1) is 0 Å². The minimum absolute atomic E-state index is 0.0524. The van der Waals surface area contributed by atoms with Crippen LogP contribution in [0.15, 0.2) is 48.5 Å². The molecule has 0 saturated carbocycles. The maximum absolute atomic E-state index is 12.4. The molecule has 0 aliphatic rings. The molecule has 0 aliphatic carbocycles. The molecule has 1 atom stereocenters. The smallest absolute Gasteiger partial charge is 0.253 e. The fraction of sp³-hybridized carbons (Fsp3) is 0.381. The van der Waals surface area contributed by atoms with E-state index in [1.807, 2.05) is 67.3 Å². The van der Waals surface area contributed by atoms with Crippen molar-refractivity contribution in [3.05, 3.63) is 65.2 Å². The average molecular weight is 341 g/mol. The van der Waals surface area contributed by atoms with E-state index in [-0.39, 0.29) is 18.4 Å². The molecule has 0 bridgehead atoms. The molecule has 0 fully saturated rings. The van der Waals surface area contributed by atoms with E-state index in [2.05, 4.69) is 0 Å². The lowest BCUT2D eigenvalue weighted by Gasteiger charge is -2.20. The van der Waals surface area contributed by atoms with Gasteiger partial charge in [-0.3, -0.25) is 4.79 Å². The summed E-state index contributed by atoms with van der Waals surface area (Å²) < 4.78 is 5.31. The number of aliphatic hydroxyl groups excluding tert-OH is 1. The van der Waals surface area contributed by atoms with Crippen molar-refractivity contribution in [2.75, 3.05) is 26.8 Å². The number of aliphatic hydroxyl groups is 1. The first-order chi connectivity index (χ1) is 12.1. The summed E-state index contributed by atoms with van der Waals surface area (Å²) in [6.07, 6.45) is 0.622. The van der Waals surface area contributed by atoms with E-state index < -0.39 is 0 Å². The summed E-state index contributed by atoms with van der Waals surface area (Å²) in [5.41, 5.74) is 2.87. The van der Waals surface area contributed by atoms with Crippen molar-refractivity contribution in [2.45, 2.75) is 26.2 Å². The molecule has 2 aromatic rings. The van der Waals surface area contributed by atoms with Crippen LogP contribution in [0.5, 0.6) is 5.75 Å². The number of benzene rings is 2. The predicted octanol–water partition coefficient (Wildman–Crippen LogP) is 3.69. The average Bonchev–Trinajstić information content (AvgIpc) is 2.67. The summed E-state index contributed by atoms with van der Waals surface area (Å²) in [6, 6.07) is 15.6. The Bertz CT molecular complexity index is 678. The molecule has 2 rings (SSSR count). The Balaban J connectivity index is 2.28. The van der Waals surface area contributed by atoms with Gasteiger partial charge in [-0.05, 0) is 55.7 Å². The monoisotopic (exact) mass is 341 g/mol. The third kappa shape index (κ3) is 4.60. The number of hydrogen-bond acceptors (Lipinski definition) is 3. The molecule has 2 aromatic carbocycles. The molecule has 0 heterocycles. The Kier molecular flexibility index (Phi) is 7.02. The fourth-order valence-corrected chi connectivity index (χ4v) is 3.06. The molecule has 0 aliphatic heterocycles. The first kappa shape index (κ1) is 19.0. The topological polar surface area (TPSA) is 49.8 Å². The van der Waals surface area contributed by atoms with Crippen LogP contribution in [-0.2, 0) is 0 Å². The van der Waals surface area contributed by atoms with Crippen molar-refractivity contribution >= 4 is 5.91 Å². The Morgan fingerprint density at radius 2 is 1.76 bits per heavy atom. The van der Waals surface area contributed by atoms with Crippen LogP contribution in [0, 0.1) is 0 Å². The van der Waals surface area contributed by atoms with E-state index >= 15 is 0 Å². The molecule has 4 heteroatoms. The number of rotatable bonds is 8. The highest BCUT2D eigenvalue weighted by Crippen LogP contribution is 2.30. The van der Waals surface area contributed by atoms with Gasteiger partial charge in [0, 0.05) is 31.2 Å². The van der Waals surface area contributed by atoms with Crippen molar-refractivity contribution in [2.24, 2.45) is 0 Å². The quantitative estimate of drug-likeness (QED) is 0.797. The molecule has 0 aromatic heterocycles. The van der Waals surface area contributed by atoms with Crippen LogP contribution in [0.3, 0.4) is 0 Å². The van der Waals surface area contributed by atoms with Gasteiger partial charge >= 0.3 is 0 Å². The molecule has 1 N–H and O–H groups in total. The number of amides is 1. The van der Waals surface area contributed by atoms with Crippen LogP contribution < -0.4 is 4.74 Å². The summed E-state index contributed by atoms with van der Waals surface area (Å²) in [5, 5.41) is 9.47. The second-order valence-electron chi connectivity index (χ2n) is 5.94. The van der Waals surface area contributed by atoms with Gasteiger partial charge in [0.05, 0.1) is 7.11 Å². The van der Waals surface area contributed by atoms with Crippen molar-refractivity contribution < 1.29 is 14.6 Å². The molecule has 25 heavy (non-hydrogen) atoms. The second-order valence-corrected chi connectivity index (χ2v) is 5.94. The van der Waals surface area contributed by atoms with Crippen LogP contribution in [0.25, 0.3) is 0 Å². The number of hydrogen-bond donors (Lipinski definition) is 1. The molecule has 1 amide bonds. The number of carbonyl (C=O) groups is 1. The molecule has 0 saturated heterocycles. The lowest BCUT2D eigenvalue weighted by atomic mass is 9.88. The molecule has 1 unspecified atom stereocenters. The highest BCUT2D eigenvalue weighted by molar-refractivity contribution is 5.94. The van der Waals surface area contributed by atoms with Crippen LogP contribution >= 0.6 is 0 Å². The summed E-state index contributed by atoms with van der Waals surface area (Å²) >= 11 is 0. The summed E-state index contributed by atoms with van der Waals surface area (Å²) in [4.78, 5) is 14.2. The second kappa shape index (κ2) is 9.23. The molecular formula is C21H27NO3. The largest absolute Gasteiger partial charge is 0.497 e. The minimum atomic E-state index is 0.0524. The zero-order valence-electron chi connectivity index (χ0n) is 15.2. The van der Waals surface area contributed by atoms with E-state index in [9.17, 15) is 9.90 Å². The lowest BCUT2D eigenvalue weighted by Crippen LogP contribution is -2.30. The molecule has 0 spiro atoms. The van der Waals surface area contributed by atoms with Crippen molar-refractivity contribution in [1.29, 1.82) is 0 Å². The van der Waals surface area contributed by atoms with Gasteiger partial charge in [0.2, 0.25) is 0 Å². The van der Waals surface area contributed by atoms with Crippen molar-refractivity contribution in [3.8, 4) is 5.75 Å². The third-order valence-corrected chi connectivity index (χ3v) is 4.52. The van der Waals surface area contributed by atoms with Crippen LogP contribution in [0.4, 0.5) is 0 Å². The Morgan fingerprint density at radius 3 is 2.32 bits per heavy atom. The molecule has 0 radical (unpaired) electrons. The standard InChI is InChI=1S/C21H27NO3/c1-4-22(5-2)21(24)17-11-9-16(10-12-17)20(13-14-23)18-7-6-8-19(15-18)25-3/h6-12,15,20,23H,4-5,13-14H2,1-3H3. The predicted molar refractivity (Wildman–Crippen MR) is 100 cm³/mol. The maximum atomic E-state index is 12.4. The third-order valence-electron chi connectivity index (χ3n) is 4.52. The normalized spacial score (nSPS) is 11.8. The molecule has 4 nitrogen and oxygen atoms in total. The van der Waals surface area contributed by atoms with Gasteiger partial charge in [0.25, 0.3) is 5.91 Å². The van der Waals surface area contributed by atoms with E-state index in [0.717, 1.165) is 16.9 Å². The SMILES string of the molecule is CCN(CC)C(=O)c1ccc(C(CCO)c2cccc(OC)c2)cc1. The highest BCUT2D eigenvalue weighted by Gasteiger charge is 2.17. The van der Waals surface area contributed by atoms with Crippen molar-refractivity contribution in [1.82, 2.24) is 4.90 Å². The van der Waals surface area contributed by atoms with Gasteiger partial charge in [0.15, 0.2) is 0 Å². The van der Waals surface area contributed by atoms with Gasteiger partial charge in [-0.2, -0.15) is 0 Å². The van der Waals surface area contributed by atoms with Gasteiger partial charge < -0.3 is 14.7 Å². The van der Waals surface area contributed by atoms with Crippen LogP contribution in [0.2, 0.25) is 0 Å². The summed E-state index contributed by atoms with van der Waals surface area (Å²) in [6.45, 7) is 5.47. The lowest BCUT2D eigenvalue weighted by molar-refractivity contribution is 0.0773. The number of ether oxygens (including phenoxy) is 1. The minimum Gasteiger partial charge on any atom is -0.497 e. The fourth-order valence-electron chi connectivity index (χ4n) is 3.06. The maximum Gasteiger partial charge on any atom is 0.253 e. The van der Waals surface area contributed by atoms with Crippen LogP contribution in [-0.4, -0.2) is 42.7 Å². The summed E-state index contributed by atoms with van der Waals surface area (Å²) in [7, 11) is 1.65. The zero-order valence-corrected chi connectivity index (χ0v) is 15.2. The number of methoxy groups -OCH3 is 1. The van der Waals surface area contributed by atoms with Crippen molar-refractivity contribution in [3.63, 3.8) is 0 Å². The number of carbonyl (C=O) groups excluding carboxylic acids is 1. The van der Waals surface area contributed by atoms with E-state index in [1.54, 1.807) is 7.11 Å². The molecule has 134 valence electrons. The van der Waals surface area contributed by atoms with E-state index in [1.165, 1.54) is 0 Å². The Morgan fingerprint density at radius 1 is 1.08 bits per heavy atom. The Hall–Kier alpha value is -2.33. The van der Waals surface area contributed by atoms with Gasteiger partial charge in [-0.25, -0.2) is 0 Å². The van der Waals surface area contributed by atoms with E-state index in [0.29, 0.717) is 25.1 Å². The first-order valence-corrected chi connectivity index (χ1v) is 8.78. The Labute approximate surface area is 150 Å². The molecular weight excluding hydrogens is 314 g/mol. The number of nitrogens with zero attached hydrogens (tertiary/aromatic N) is 1. The van der Waals surface area contributed by atoms with Crippen LogP contribution in [0.1, 0.15) is 47.7 Å².